The van der Waals surface area contributed by atoms with Gasteiger partial charge < -0.3 is 19.5 Å². The number of hydrogen-bond acceptors (Lipinski definition) is 10. The van der Waals surface area contributed by atoms with Crippen molar-refractivity contribution in [1.82, 2.24) is 9.88 Å². The van der Waals surface area contributed by atoms with Crippen molar-refractivity contribution in [3.05, 3.63) is 84.0 Å². The molecule has 0 radical (unpaired) electrons. The predicted molar refractivity (Wildman–Crippen MR) is 173 cm³/mol. The largest absolute Gasteiger partial charge is 0.493 e. The lowest BCUT2D eigenvalue weighted by atomic mass is 9.95. The van der Waals surface area contributed by atoms with Crippen LogP contribution in [0.25, 0.3) is 6.08 Å². The molecule has 2 aliphatic heterocycles. The molecule has 2 aliphatic rings. The zero-order valence-corrected chi connectivity index (χ0v) is 27.3. The molecule has 0 unspecified atom stereocenters. The van der Waals surface area contributed by atoms with E-state index in [1.807, 2.05) is 13.8 Å². The molecule has 45 heavy (non-hydrogen) atoms. The van der Waals surface area contributed by atoms with Crippen molar-refractivity contribution in [3.8, 4) is 11.5 Å². The second-order valence-corrected chi connectivity index (χ2v) is 12.2. The number of esters is 1. The van der Waals surface area contributed by atoms with E-state index >= 15 is 0 Å². The third-order valence-corrected chi connectivity index (χ3v) is 8.53. The van der Waals surface area contributed by atoms with Crippen LogP contribution in [0, 0.1) is 5.92 Å². The zero-order chi connectivity index (χ0) is 32.6. The first-order valence-electron chi connectivity index (χ1n) is 13.9. The molecule has 3 aromatic rings. The van der Waals surface area contributed by atoms with Gasteiger partial charge >= 0.3 is 5.97 Å². The van der Waals surface area contributed by atoms with E-state index in [9.17, 15) is 19.2 Å². The van der Waals surface area contributed by atoms with E-state index < -0.39 is 35.3 Å². The highest BCUT2D eigenvalue weighted by atomic mass is 35.5. The van der Waals surface area contributed by atoms with Gasteiger partial charge in [-0.1, -0.05) is 29.0 Å². The Morgan fingerprint density at radius 3 is 2.51 bits per heavy atom. The number of ether oxygens (including phenoxy) is 3. The number of methoxy groups -OCH3 is 1. The molecule has 11 nitrogen and oxygen atoms in total. The number of thiazole rings is 1. The minimum atomic E-state index is -1.37. The van der Waals surface area contributed by atoms with Gasteiger partial charge in [0, 0.05) is 5.02 Å². The maximum Gasteiger partial charge on any atom is 0.338 e. The van der Waals surface area contributed by atoms with Crippen LogP contribution in [0.5, 0.6) is 11.5 Å². The Hall–Kier alpha value is -4.33. The Kier molecular flexibility index (Phi) is 9.23. The van der Waals surface area contributed by atoms with Crippen molar-refractivity contribution in [3.63, 3.8) is 0 Å². The molecule has 0 saturated carbocycles. The Morgan fingerprint density at radius 1 is 1.16 bits per heavy atom. The van der Waals surface area contributed by atoms with Gasteiger partial charge in [-0.3, -0.25) is 23.9 Å². The van der Waals surface area contributed by atoms with Gasteiger partial charge in [0.25, 0.3) is 5.56 Å². The second-order valence-electron chi connectivity index (χ2n) is 10.3. The number of aromatic nitrogens is 1. The van der Waals surface area contributed by atoms with Gasteiger partial charge in [0.1, 0.15) is 5.92 Å². The van der Waals surface area contributed by atoms with E-state index in [4.69, 9.17) is 38.0 Å². The number of fused-ring (bicyclic) bond motifs is 1. The fourth-order valence-electron chi connectivity index (χ4n) is 5.05. The maximum absolute atomic E-state index is 14.1. The SMILES string of the molecule is CCOC(=O)C1=C(C)N=c2s/c(=C\[C@@H]3C(=O)NC(=S)N(c4ccc(Cl)cc4)C3=O)c(=O)n2[C@@H]1c1ccc(OC(C)C)c(OC)c1. The number of allylic oxidation sites excluding steroid dienone is 1. The molecule has 2 aromatic carbocycles. The lowest BCUT2D eigenvalue weighted by Gasteiger charge is -2.31. The molecule has 0 bridgehead atoms. The van der Waals surface area contributed by atoms with E-state index in [1.165, 1.54) is 22.7 Å². The fourth-order valence-corrected chi connectivity index (χ4v) is 6.53. The van der Waals surface area contributed by atoms with E-state index in [1.54, 1.807) is 56.3 Å². The highest BCUT2D eigenvalue weighted by Crippen LogP contribution is 2.36. The van der Waals surface area contributed by atoms with Gasteiger partial charge in [-0.15, -0.1) is 0 Å². The number of anilines is 1. The smallest absolute Gasteiger partial charge is 0.338 e. The first-order chi connectivity index (χ1) is 21.4. The number of halogens is 1. The van der Waals surface area contributed by atoms with Crippen molar-refractivity contribution in [1.29, 1.82) is 0 Å². The number of benzene rings is 2. The Labute approximate surface area is 272 Å². The Balaban J connectivity index is 1.65. The van der Waals surface area contributed by atoms with Crippen molar-refractivity contribution < 1.29 is 28.6 Å². The van der Waals surface area contributed by atoms with Gasteiger partial charge in [0.15, 0.2) is 21.4 Å². The molecule has 2 amide bonds. The van der Waals surface area contributed by atoms with Crippen molar-refractivity contribution in [2.75, 3.05) is 18.6 Å². The monoisotopic (exact) mass is 668 g/mol. The molecule has 1 fully saturated rings. The lowest BCUT2D eigenvalue weighted by molar-refractivity contribution is -0.139. The second kappa shape index (κ2) is 13.0. The molecule has 1 saturated heterocycles. The molecule has 14 heteroatoms. The van der Waals surface area contributed by atoms with Gasteiger partial charge in [0.2, 0.25) is 11.8 Å². The van der Waals surface area contributed by atoms with Crippen LogP contribution in [0.15, 0.2) is 63.5 Å². The number of nitrogens with one attached hydrogen (secondary N) is 1. The first-order valence-corrected chi connectivity index (χ1v) is 15.5. The van der Waals surface area contributed by atoms with E-state index in [2.05, 4.69) is 10.3 Å². The van der Waals surface area contributed by atoms with Crippen LogP contribution in [-0.4, -0.2) is 47.3 Å². The number of nitrogens with zero attached hydrogens (tertiary/aromatic N) is 3. The lowest BCUT2D eigenvalue weighted by Crippen LogP contribution is -2.58. The van der Waals surface area contributed by atoms with Crippen molar-refractivity contribution in [2.45, 2.75) is 39.8 Å². The summed E-state index contributed by atoms with van der Waals surface area (Å²) in [5.74, 6) is -2.41. The predicted octanol–water partition coefficient (Wildman–Crippen LogP) is 3.26. The minimum absolute atomic E-state index is 0.0840. The third-order valence-electron chi connectivity index (χ3n) is 6.99. The van der Waals surface area contributed by atoms with Crippen LogP contribution >= 0.6 is 35.2 Å². The molecule has 0 aliphatic carbocycles. The summed E-state index contributed by atoms with van der Waals surface area (Å²) >= 11 is 12.3. The summed E-state index contributed by atoms with van der Waals surface area (Å²) in [6.45, 7) is 7.23. The quantitative estimate of drug-likeness (QED) is 0.220. The summed E-state index contributed by atoms with van der Waals surface area (Å²) in [4.78, 5) is 60.0. The number of rotatable bonds is 8. The Morgan fingerprint density at radius 2 is 1.87 bits per heavy atom. The van der Waals surface area contributed by atoms with Gasteiger partial charge in [0.05, 0.1) is 47.4 Å². The standard InChI is InChI=1S/C31H29ClN4O7S2/c1-6-42-29(40)24-16(4)33-31-36(25(24)17-7-12-21(43-15(2)3)22(13-17)41-5)28(39)23(45-31)14-20-26(37)34-30(44)35(27(20)38)19-10-8-18(32)9-11-19/h7-15,20,25H,6H2,1-5H3,(H,34,37,44)/b23-14-/t20-,25-/m1/s1. The van der Waals surface area contributed by atoms with Crippen molar-refractivity contribution in [2.24, 2.45) is 10.9 Å². The molecule has 234 valence electrons. The Bertz CT molecular complexity index is 1930. The van der Waals surface area contributed by atoms with Crippen molar-refractivity contribution >= 4 is 69.8 Å². The summed E-state index contributed by atoms with van der Waals surface area (Å²) in [6.07, 6.45) is 1.18. The summed E-state index contributed by atoms with van der Waals surface area (Å²) < 4.78 is 18.2. The highest BCUT2D eigenvalue weighted by Gasteiger charge is 2.39. The molecular formula is C31H29ClN4O7S2. The third kappa shape index (κ3) is 6.15. The highest BCUT2D eigenvalue weighted by molar-refractivity contribution is 7.80. The summed E-state index contributed by atoms with van der Waals surface area (Å²) in [5, 5.41) is 2.91. The zero-order valence-electron chi connectivity index (χ0n) is 25.0. The molecule has 1 aromatic heterocycles. The topological polar surface area (TPSA) is 129 Å². The molecular weight excluding hydrogens is 640 g/mol. The van der Waals surface area contributed by atoms with Gasteiger partial charge in [-0.25, -0.2) is 9.79 Å². The average molecular weight is 669 g/mol. The summed E-state index contributed by atoms with van der Waals surface area (Å²) in [7, 11) is 1.50. The van der Waals surface area contributed by atoms with Gasteiger partial charge in [-0.2, -0.15) is 0 Å². The molecule has 3 heterocycles. The summed E-state index contributed by atoms with van der Waals surface area (Å²) in [5.41, 5.74) is 0.924. The van der Waals surface area contributed by atoms with Crippen LogP contribution in [0.2, 0.25) is 5.02 Å². The normalized spacial score (nSPS) is 18.5. The number of amides is 2. The van der Waals surface area contributed by atoms with E-state index in [-0.39, 0.29) is 32.7 Å². The number of hydrogen-bond donors (Lipinski definition) is 1. The number of carbonyl (C=O) groups excluding carboxylic acids is 3. The molecule has 5 rings (SSSR count). The summed E-state index contributed by atoms with van der Waals surface area (Å²) in [6, 6.07) is 10.6. The van der Waals surface area contributed by atoms with Crippen LogP contribution in [0.1, 0.15) is 39.3 Å². The molecule has 2 atom stereocenters. The molecule has 0 spiro atoms. The first kappa shape index (κ1) is 32.1. The van der Waals surface area contributed by atoms with Crippen LogP contribution in [0.3, 0.4) is 0 Å². The molecule has 1 N–H and O–H groups in total. The van der Waals surface area contributed by atoms with Crippen LogP contribution < -0.4 is 34.6 Å². The van der Waals surface area contributed by atoms with E-state index in [0.29, 0.717) is 33.5 Å². The van der Waals surface area contributed by atoms with Gasteiger partial charge in [-0.05, 0) is 88.0 Å². The van der Waals surface area contributed by atoms with E-state index in [0.717, 1.165) is 11.3 Å². The van der Waals surface area contributed by atoms with Crippen LogP contribution in [0.4, 0.5) is 5.69 Å². The minimum Gasteiger partial charge on any atom is -0.493 e. The number of carbonyl (C=O) groups is 3. The fraction of sp³-hybridized carbons (Fsp3) is 0.290. The number of thiocarbonyl (C=S) groups is 1. The maximum atomic E-state index is 14.1. The van der Waals surface area contributed by atoms with Crippen LogP contribution in [-0.2, 0) is 19.1 Å². The average Bonchev–Trinajstić information content (AvgIpc) is 3.29.